The van der Waals surface area contributed by atoms with Crippen molar-refractivity contribution in [2.45, 2.75) is 13.0 Å². The van der Waals surface area contributed by atoms with Gasteiger partial charge in [-0.05, 0) is 29.3 Å². The molecule has 0 unspecified atom stereocenters. The highest BCUT2D eigenvalue weighted by Crippen LogP contribution is 2.35. The van der Waals surface area contributed by atoms with Crippen LogP contribution in [0, 0.1) is 0 Å². The van der Waals surface area contributed by atoms with Gasteiger partial charge in [0.2, 0.25) is 0 Å². The number of nitrogens with zero attached hydrogens (tertiary/aromatic N) is 3. The summed E-state index contributed by atoms with van der Waals surface area (Å²) in [7, 11) is 2.13. The number of aromatic nitrogens is 3. The number of rotatable bonds is 7. The Kier molecular flexibility index (Phi) is 6.27. The summed E-state index contributed by atoms with van der Waals surface area (Å²) in [4.78, 5) is 15.0. The molecule has 5 heteroatoms. The van der Waals surface area contributed by atoms with Crippen molar-refractivity contribution in [2.75, 3.05) is 18.5 Å². The highest BCUT2D eigenvalue weighted by molar-refractivity contribution is 5.96. The van der Waals surface area contributed by atoms with Crippen LogP contribution >= 0.6 is 0 Å². The standard InChI is InChI=1S/C29H27N5/c1-34(18-14-21-11-15-31-16-12-21)29-26-19-25(23-5-3-2-4-6-23)28(33-27(26)13-17-32-29)24-9-7-22(20-30)8-10-24/h2-13,15-17,19H,14,18,20,30H2,1H3/p+2. The molecule has 3 aromatic heterocycles. The Morgan fingerprint density at radius 2 is 1.62 bits per heavy atom. The molecule has 34 heavy (non-hydrogen) atoms. The lowest BCUT2D eigenvalue weighted by molar-refractivity contribution is -0.386. The normalized spacial score (nSPS) is 11.0. The van der Waals surface area contributed by atoms with Crippen molar-refractivity contribution in [3.63, 3.8) is 0 Å². The number of hydrogen-bond acceptors (Lipinski definition) is 3. The maximum absolute atomic E-state index is 5.17. The van der Waals surface area contributed by atoms with E-state index < -0.39 is 0 Å². The molecule has 5 nitrogen and oxygen atoms in total. The van der Waals surface area contributed by atoms with E-state index in [9.17, 15) is 0 Å². The molecular formula is C29H29N5+2. The van der Waals surface area contributed by atoms with Crippen molar-refractivity contribution in [3.05, 3.63) is 109 Å². The zero-order valence-electron chi connectivity index (χ0n) is 19.4. The van der Waals surface area contributed by atoms with Crippen LogP contribution in [0.25, 0.3) is 33.3 Å². The van der Waals surface area contributed by atoms with E-state index in [-0.39, 0.29) is 0 Å². The molecular weight excluding hydrogens is 418 g/mol. The maximum atomic E-state index is 5.17. The summed E-state index contributed by atoms with van der Waals surface area (Å²) in [5.41, 5.74) is 11.8. The van der Waals surface area contributed by atoms with Crippen molar-refractivity contribution in [1.82, 2.24) is 9.97 Å². The van der Waals surface area contributed by atoms with Crippen molar-refractivity contribution in [1.29, 1.82) is 0 Å². The summed E-state index contributed by atoms with van der Waals surface area (Å²) < 4.78 is 0. The monoisotopic (exact) mass is 447 g/mol. The minimum absolute atomic E-state index is 0.780. The third-order valence-electron chi connectivity index (χ3n) is 6.24. The van der Waals surface area contributed by atoms with E-state index in [1.165, 1.54) is 11.1 Å². The van der Waals surface area contributed by atoms with E-state index in [0.29, 0.717) is 0 Å². The van der Waals surface area contributed by atoms with Crippen LogP contribution in [0.4, 0.5) is 5.82 Å². The summed E-state index contributed by atoms with van der Waals surface area (Å²) in [6.07, 6.45) is 6.62. The van der Waals surface area contributed by atoms with Crippen LogP contribution in [-0.2, 0) is 13.0 Å². The van der Waals surface area contributed by atoms with E-state index in [4.69, 9.17) is 4.98 Å². The SMILES string of the molecule is CN(CCc1ccncc1)c1[nH+]ccc2nc(-c3ccc(C[NH3+])cc3)c(-c3ccccc3)cc12. The van der Waals surface area contributed by atoms with Gasteiger partial charge >= 0.3 is 0 Å². The molecule has 0 radical (unpaired) electrons. The molecule has 5 rings (SSSR count). The fraction of sp³-hybridized carbons (Fsp3) is 0.138. The summed E-state index contributed by atoms with van der Waals surface area (Å²) in [6.45, 7) is 1.66. The van der Waals surface area contributed by atoms with Crippen LogP contribution in [0.3, 0.4) is 0 Å². The first-order valence-corrected chi connectivity index (χ1v) is 11.6. The van der Waals surface area contributed by atoms with Gasteiger partial charge < -0.3 is 5.73 Å². The summed E-state index contributed by atoms with van der Waals surface area (Å²) in [5, 5.41) is 1.11. The second-order valence-corrected chi connectivity index (χ2v) is 8.48. The van der Waals surface area contributed by atoms with Gasteiger partial charge in [-0.15, -0.1) is 0 Å². The average molecular weight is 448 g/mol. The molecule has 5 aromatic rings. The van der Waals surface area contributed by atoms with Crippen LogP contribution < -0.4 is 15.6 Å². The lowest BCUT2D eigenvalue weighted by atomic mass is 9.97. The number of quaternary nitrogens is 1. The van der Waals surface area contributed by atoms with E-state index in [0.717, 1.165) is 58.6 Å². The molecule has 0 spiro atoms. The number of anilines is 1. The van der Waals surface area contributed by atoms with Crippen molar-refractivity contribution < 1.29 is 10.7 Å². The van der Waals surface area contributed by atoms with Gasteiger partial charge in [0.15, 0.2) is 0 Å². The Hall–Kier alpha value is -4.09. The lowest BCUT2D eigenvalue weighted by Crippen LogP contribution is -2.47. The number of pyridine rings is 3. The van der Waals surface area contributed by atoms with E-state index in [1.807, 2.05) is 24.7 Å². The molecule has 0 atom stereocenters. The predicted octanol–water partition coefficient (Wildman–Crippen LogP) is 4.20. The zero-order valence-corrected chi connectivity index (χ0v) is 19.4. The highest BCUT2D eigenvalue weighted by atomic mass is 15.2. The maximum Gasteiger partial charge on any atom is 0.283 e. The third kappa shape index (κ3) is 4.51. The molecule has 0 aliphatic heterocycles. The van der Waals surface area contributed by atoms with Gasteiger partial charge in [0.05, 0.1) is 42.9 Å². The topological polar surface area (TPSA) is 70.8 Å². The molecule has 4 N–H and O–H groups in total. The van der Waals surface area contributed by atoms with Crippen LogP contribution in [0.5, 0.6) is 0 Å². The van der Waals surface area contributed by atoms with Crippen molar-refractivity contribution >= 4 is 16.7 Å². The zero-order chi connectivity index (χ0) is 23.3. The first kappa shape index (κ1) is 21.7. The number of nitrogens with one attached hydrogen (secondary N) is 1. The Bertz CT molecular complexity index is 1380. The third-order valence-corrected chi connectivity index (χ3v) is 6.24. The van der Waals surface area contributed by atoms with Crippen molar-refractivity contribution in [3.8, 4) is 22.4 Å². The first-order chi connectivity index (χ1) is 16.7. The highest BCUT2D eigenvalue weighted by Gasteiger charge is 2.19. The first-order valence-electron chi connectivity index (χ1n) is 11.6. The molecule has 0 aliphatic rings. The van der Waals surface area contributed by atoms with Gasteiger partial charge in [0, 0.05) is 41.6 Å². The minimum atomic E-state index is 0.780. The molecule has 0 bridgehead atoms. The van der Waals surface area contributed by atoms with Gasteiger partial charge in [-0.2, -0.15) is 0 Å². The summed E-state index contributed by atoms with van der Waals surface area (Å²) >= 11 is 0. The van der Waals surface area contributed by atoms with E-state index >= 15 is 0 Å². The summed E-state index contributed by atoms with van der Waals surface area (Å²) in [5.74, 6) is 1.06. The smallest absolute Gasteiger partial charge is 0.283 e. The van der Waals surface area contributed by atoms with Gasteiger partial charge in [0.1, 0.15) is 0 Å². The van der Waals surface area contributed by atoms with Gasteiger partial charge in [-0.25, -0.2) is 9.97 Å². The van der Waals surface area contributed by atoms with E-state index in [1.54, 1.807) is 0 Å². The number of fused-ring (bicyclic) bond motifs is 1. The predicted molar refractivity (Wildman–Crippen MR) is 137 cm³/mol. The molecule has 3 heterocycles. The number of hydrogen-bond donors (Lipinski definition) is 1. The second kappa shape index (κ2) is 9.81. The van der Waals surface area contributed by atoms with E-state index in [2.05, 4.69) is 100 Å². The van der Waals surface area contributed by atoms with Gasteiger partial charge in [0.25, 0.3) is 5.82 Å². The van der Waals surface area contributed by atoms with Gasteiger partial charge in [-0.1, -0.05) is 54.6 Å². The molecule has 0 aliphatic carbocycles. The largest absolute Gasteiger partial charge is 0.354 e. The van der Waals surface area contributed by atoms with Crippen LogP contribution in [0.1, 0.15) is 11.1 Å². The number of aromatic amines is 1. The second-order valence-electron chi connectivity index (χ2n) is 8.48. The fourth-order valence-corrected chi connectivity index (χ4v) is 4.28. The Labute approximate surface area is 200 Å². The number of H-pyrrole nitrogens is 1. The Morgan fingerprint density at radius 3 is 2.35 bits per heavy atom. The van der Waals surface area contributed by atoms with Crippen molar-refractivity contribution in [2.24, 2.45) is 0 Å². The fourth-order valence-electron chi connectivity index (χ4n) is 4.28. The molecule has 0 saturated carbocycles. The average Bonchev–Trinajstić information content (AvgIpc) is 2.91. The molecule has 0 saturated heterocycles. The molecule has 0 fully saturated rings. The molecule has 168 valence electrons. The quantitative estimate of drug-likeness (QED) is 0.407. The van der Waals surface area contributed by atoms with Crippen LogP contribution in [-0.4, -0.2) is 23.6 Å². The lowest BCUT2D eigenvalue weighted by Gasteiger charge is -2.16. The van der Waals surface area contributed by atoms with Crippen LogP contribution in [0.15, 0.2) is 97.5 Å². The number of benzene rings is 2. The number of likely N-dealkylation sites (N-methyl/N-ethyl adjacent to an activating group) is 1. The molecule has 2 aromatic carbocycles. The van der Waals surface area contributed by atoms with Crippen LogP contribution in [0.2, 0.25) is 0 Å². The molecule has 0 amide bonds. The van der Waals surface area contributed by atoms with Gasteiger partial charge in [-0.3, -0.25) is 9.88 Å². The minimum Gasteiger partial charge on any atom is -0.354 e. The summed E-state index contributed by atoms with van der Waals surface area (Å²) in [6, 6.07) is 27.6. The Morgan fingerprint density at radius 1 is 0.853 bits per heavy atom. The Balaban J connectivity index is 1.60.